The summed E-state index contributed by atoms with van der Waals surface area (Å²) in [6.07, 6.45) is 5.50. The van der Waals surface area contributed by atoms with E-state index in [0.29, 0.717) is 12.2 Å². The van der Waals surface area contributed by atoms with Crippen molar-refractivity contribution in [3.8, 4) is 17.3 Å². The molecule has 1 aromatic carbocycles. The van der Waals surface area contributed by atoms with Crippen molar-refractivity contribution < 1.29 is 4.79 Å². The van der Waals surface area contributed by atoms with Gasteiger partial charge in [-0.2, -0.15) is 15.5 Å². The molecule has 2 aliphatic carbocycles. The highest BCUT2D eigenvalue weighted by molar-refractivity contribution is 5.87. The lowest BCUT2D eigenvalue weighted by Crippen LogP contribution is -2.53. The summed E-state index contributed by atoms with van der Waals surface area (Å²) in [4.78, 5) is 22.8. The van der Waals surface area contributed by atoms with Gasteiger partial charge >= 0.3 is 0 Å². The van der Waals surface area contributed by atoms with E-state index in [9.17, 15) is 10.1 Å². The Morgan fingerprint density at radius 1 is 1.13 bits per heavy atom. The minimum atomic E-state index is -0.640. The molecular weight excluding hydrogens is 386 g/mol. The first kappa shape index (κ1) is 19.5. The van der Waals surface area contributed by atoms with Gasteiger partial charge in [-0.3, -0.25) is 4.79 Å². The first-order valence-electron chi connectivity index (χ1n) is 10.7. The van der Waals surface area contributed by atoms with Crippen LogP contribution >= 0.6 is 0 Å². The number of aryl methyl sites for hydroxylation is 1. The summed E-state index contributed by atoms with van der Waals surface area (Å²) in [5, 5.41) is 17.8. The summed E-state index contributed by atoms with van der Waals surface area (Å²) < 4.78 is 0. The predicted octanol–water partition coefficient (Wildman–Crippen LogP) is 3.84. The van der Waals surface area contributed by atoms with Gasteiger partial charge in [0, 0.05) is 22.5 Å². The smallest absolute Gasteiger partial charge is 0.153 e. The van der Waals surface area contributed by atoms with Crippen LogP contribution in [0.25, 0.3) is 11.3 Å². The third-order valence-electron chi connectivity index (χ3n) is 7.10. The van der Waals surface area contributed by atoms with Gasteiger partial charge in [-0.1, -0.05) is 37.3 Å². The zero-order valence-electron chi connectivity index (χ0n) is 17.6. The lowest BCUT2D eigenvalue weighted by molar-refractivity contribution is -0.131. The molecule has 0 radical (unpaired) electrons. The summed E-state index contributed by atoms with van der Waals surface area (Å²) >= 11 is 0. The van der Waals surface area contributed by atoms with Gasteiger partial charge in [0.1, 0.15) is 11.7 Å². The molecule has 5 rings (SSSR count). The molecule has 0 bridgehead atoms. The van der Waals surface area contributed by atoms with Gasteiger partial charge < -0.3 is 0 Å². The predicted molar refractivity (Wildman–Crippen MR) is 115 cm³/mol. The van der Waals surface area contributed by atoms with E-state index >= 15 is 0 Å². The van der Waals surface area contributed by atoms with Crippen molar-refractivity contribution in [3.05, 3.63) is 71.4 Å². The van der Waals surface area contributed by atoms with Crippen LogP contribution in [0.15, 0.2) is 48.8 Å². The van der Waals surface area contributed by atoms with E-state index in [1.165, 1.54) is 0 Å². The molecule has 6 heteroatoms. The summed E-state index contributed by atoms with van der Waals surface area (Å²) in [6, 6.07) is 14.5. The third kappa shape index (κ3) is 2.88. The second-order valence-electron chi connectivity index (χ2n) is 8.64. The normalized spacial score (nSPS) is 27.1. The van der Waals surface area contributed by atoms with Crippen LogP contribution in [0.3, 0.4) is 0 Å². The van der Waals surface area contributed by atoms with Crippen LogP contribution in [0.2, 0.25) is 0 Å². The lowest BCUT2D eigenvalue weighted by Gasteiger charge is -2.51. The van der Waals surface area contributed by atoms with Crippen LogP contribution in [-0.4, -0.2) is 25.9 Å². The van der Waals surface area contributed by atoms with Crippen LogP contribution in [0.4, 0.5) is 0 Å². The highest BCUT2D eigenvalue weighted by atomic mass is 16.1. The van der Waals surface area contributed by atoms with E-state index in [1.54, 1.807) is 12.4 Å². The SMILES string of the molecule is Cc1nc(-c2ccnnc2)c2c(n1)[C@]1(c3ccccc3)CC(C#N)C(=O)[C@@H](C)[C@@H]1CC2. The molecule has 0 saturated heterocycles. The minimum Gasteiger partial charge on any atom is -0.298 e. The zero-order chi connectivity index (χ0) is 21.6. The second-order valence-corrected chi connectivity index (χ2v) is 8.64. The van der Waals surface area contributed by atoms with Gasteiger partial charge in [0.2, 0.25) is 0 Å². The van der Waals surface area contributed by atoms with Crippen molar-refractivity contribution in [2.75, 3.05) is 0 Å². The van der Waals surface area contributed by atoms with E-state index in [4.69, 9.17) is 9.97 Å². The molecular formula is C25H23N5O. The zero-order valence-corrected chi connectivity index (χ0v) is 17.6. The number of carbonyl (C=O) groups excluding carboxylic acids is 1. The van der Waals surface area contributed by atoms with Crippen molar-refractivity contribution in [2.24, 2.45) is 17.8 Å². The number of hydrogen-bond donors (Lipinski definition) is 0. The molecule has 0 aliphatic heterocycles. The fourth-order valence-electron chi connectivity index (χ4n) is 5.77. The molecule has 1 fully saturated rings. The maximum Gasteiger partial charge on any atom is 0.153 e. The summed E-state index contributed by atoms with van der Waals surface area (Å²) in [5.74, 6) is -0.00424. The van der Waals surface area contributed by atoms with E-state index in [-0.39, 0.29) is 17.6 Å². The van der Waals surface area contributed by atoms with Crippen LogP contribution in [0.5, 0.6) is 0 Å². The van der Waals surface area contributed by atoms with Gasteiger partial charge in [-0.05, 0) is 43.7 Å². The standard InChI is InChI=1S/C25H23N5O/c1-15-21-9-8-20-22(17-10-11-27-28-14-17)29-16(2)30-24(20)25(21,12-18(13-26)23(15)31)19-6-4-3-5-7-19/h3-7,10-11,14-15,18,21H,8-9,12H2,1-2H3/t15-,18?,21-,25-/m0/s1. The van der Waals surface area contributed by atoms with Crippen molar-refractivity contribution in [1.29, 1.82) is 5.26 Å². The van der Waals surface area contributed by atoms with Gasteiger partial charge in [-0.25, -0.2) is 9.97 Å². The highest BCUT2D eigenvalue weighted by Gasteiger charge is 2.56. The molecule has 31 heavy (non-hydrogen) atoms. The third-order valence-corrected chi connectivity index (χ3v) is 7.10. The Morgan fingerprint density at radius 3 is 2.65 bits per heavy atom. The number of fused-ring (bicyclic) bond motifs is 3. The number of carbonyl (C=O) groups is 1. The number of Topliss-reactive ketones (excluding diaryl/α,β-unsaturated/α-hetero) is 1. The first-order valence-corrected chi connectivity index (χ1v) is 10.7. The monoisotopic (exact) mass is 409 g/mol. The van der Waals surface area contributed by atoms with Gasteiger partial charge in [0.15, 0.2) is 5.78 Å². The molecule has 0 N–H and O–H groups in total. The number of benzene rings is 1. The minimum absolute atomic E-state index is 0.0619. The highest BCUT2D eigenvalue weighted by Crippen LogP contribution is 2.56. The molecule has 4 atom stereocenters. The molecule has 2 aromatic heterocycles. The largest absolute Gasteiger partial charge is 0.298 e. The van der Waals surface area contributed by atoms with Crippen LogP contribution in [0, 0.1) is 36.0 Å². The summed E-state index contributed by atoms with van der Waals surface area (Å²) in [6.45, 7) is 3.89. The number of rotatable bonds is 2. The first-order chi connectivity index (χ1) is 15.1. The van der Waals surface area contributed by atoms with Crippen LogP contribution < -0.4 is 0 Å². The average molecular weight is 409 g/mol. The average Bonchev–Trinajstić information content (AvgIpc) is 2.81. The quantitative estimate of drug-likeness (QED) is 0.638. The fraction of sp³-hybridized carbons (Fsp3) is 0.360. The van der Waals surface area contributed by atoms with E-state index < -0.39 is 11.3 Å². The van der Waals surface area contributed by atoms with Crippen molar-refractivity contribution in [2.45, 2.75) is 38.5 Å². The van der Waals surface area contributed by atoms with Crippen molar-refractivity contribution in [1.82, 2.24) is 20.2 Å². The molecule has 154 valence electrons. The lowest BCUT2D eigenvalue weighted by atomic mass is 9.51. The van der Waals surface area contributed by atoms with E-state index in [1.807, 2.05) is 38.1 Å². The molecule has 3 aromatic rings. The fourth-order valence-corrected chi connectivity index (χ4v) is 5.77. The Bertz CT molecular complexity index is 1190. The van der Waals surface area contributed by atoms with E-state index in [0.717, 1.165) is 40.9 Å². The Hall–Kier alpha value is -3.46. The maximum atomic E-state index is 13.0. The molecule has 2 aliphatic rings. The Balaban J connectivity index is 1.83. The van der Waals surface area contributed by atoms with Crippen LogP contribution in [-0.2, 0) is 16.6 Å². The topological polar surface area (TPSA) is 92.4 Å². The Morgan fingerprint density at radius 2 is 1.94 bits per heavy atom. The number of nitrogens with zero attached hydrogens (tertiary/aromatic N) is 5. The number of nitriles is 1. The number of ketones is 1. The summed E-state index contributed by atoms with van der Waals surface area (Å²) in [5.41, 5.74) is 4.48. The van der Waals surface area contributed by atoms with E-state index in [2.05, 4.69) is 28.4 Å². The number of aromatic nitrogens is 4. The molecule has 0 amide bonds. The summed E-state index contributed by atoms with van der Waals surface area (Å²) in [7, 11) is 0. The molecule has 0 spiro atoms. The van der Waals surface area contributed by atoms with Crippen molar-refractivity contribution >= 4 is 5.78 Å². The Kier molecular flexibility index (Phi) is 4.62. The second kappa shape index (κ2) is 7.35. The van der Waals surface area contributed by atoms with Gasteiger partial charge in [0.25, 0.3) is 0 Å². The Labute approximate surface area is 181 Å². The van der Waals surface area contributed by atoms with Crippen molar-refractivity contribution in [3.63, 3.8) is 0 Å². The molecule has 1 saturated carbocycles. The molecule has 1 unspecified atom stereocenters. The van der Waals surface area contributed by atoms with Crippen LogP contribution in [0.1, 0.15) is 42.4 Å². The van der Waals surface area contributed by atoms with Gasteiger partial charge in [0.05, 0.1) is 29.9 Å². The van der Waals surface area contributed by atoms with Gasteiger partial charge in [-0.15, -0.1) is 0 Å². The molecule has 2 heterocycles. The molecule has 6 nitrogen and oxygen atoms in total. The number of hydrogen-bond acceptors (Lipinski definition) is 6. The maximum absolute atomic E-state index is 13.0.